The highest BCUT2D eigenvalue weighted by Crippen LogP contribution is 2.43. The van der Waals surface area contributed by atoms with Gasteiger partial charge in [0, 0.05) is 12.8 Å². The molecule has 0 rings (SSSR count). The zero-order chi connectivity index (χ0) is 47.4. The van der Waals surface area contributed by atoms with E-state index in [1.807, 2.05) is 60.8 Å². The number of aliphatic hydroxyl groups is 2. The van der Waals surface area contributed by atoms with Crippen LogP contribution in [0.4, 0.5) is 0 Å². The molecule has 0 aromatic rings. The van der Waals surface area contributed by atoms with Crippen LogP contribution in [0.25, 0.3) is 0 Å². The Morgan fingerprint density at radius 3 is 1.58 bits per heavy atom. The quantitative estimate of drug-likeness (QED) is 0.0127. The van der Waals surface area contributed by atoms with Crippen molar-refractivity contribution in [2.75, 3.05) is 26.4 Å². The fraction of sp³-hybridized carbons (Fsp3) is 0.542. The molecule has 362 valence electrons. The number of carbonyl (C=O) groups excluding carboxylic acids is 2. The number of allylic oxidation sites excluding steroid dienone is 19. The van der Waals surface area contributed by atoms with Crippen LogP contribution in [0.2, 0.25) is 0 Å². The third-order valence-corrected chi connectivity index (χ3v) is 9.88. The predicted molar refractivity (Wildman–Crippen MR) is 254 cm³/mol. The largest absolute Gasteiger partial charge is 0.472 e. The van der Waals surface area contributed by atoms with E-state index in [4.69, 9.17) is 23.8 Å². The molecule has 0 saturated heterocycles. The number of unbranched alkanes of at least 4 members (excludes halogenated alkanes) is 3. The summed E-state index contributed by atoms with van der Waals surface area (Å²) >= 11 is 0. The number of phosphoric ester groups is 2. The molecular formula is C48H76O14P2. The molecule has 0 fully saturated rings. The summed E-state index contributed by atoms with van der Waals surface area (Å²) in [6.45, 7) is 1.33. The molecule has 4 atom stereocenters. The van der Waals surface area contributed by atoms with E-state index in [-0.39, 0.29) is 12.8 Å². The average molecular weight is 939 g/mol. The van der Waals surface area contributed by atoms with Gasteiger partial charge in [-0.2, -0.15) is 0 Å². The number of hydrogen-bond acceptors (Lipinski definition) is 11. The summed E-state index contributed by atoms with van der Waals surface area (Å²) in [6.07, 6.45) is 49.6. The number of carbonyl (C=O) groups is 2. The molecule has 1 unspecified atom stereocenters. The molecule has 0 aromatic carbocycles. The molecule has 0 aliphatic rings. The first kappa shape index (κ1) is 60.5. The van der Waals surface area contributed by atoms with E-state index in [1.165, 1.54) is 0 Å². The molecule has 0 aliphatic heterocycles. The summed E-state index contributed by atoms with van der Waals surface area (Å²) in [5.74, 6) is -1.24. The van der Waals surface area contributed by atoms with E-state index in [0.29, 0.717) is 32.1 Å². The Balaban J connectivity index is 4.78. The molecule has 0 saturated carbocycles. The summed E-state index contributed by atoms with van der Waals surface area (Å²) < 4.78 is 47.6. The van der Waals surface area contributed by atoms with Crippen LogP contribution < -0.4 is 0 Å². The molecule has 64 heavy (non-hydrogen) atoms. The molecule has 0 aliphatic carbocycles. The Kier molecular flexibility index (Phi) is 39.8. The van der Waals surface area contributed by atoms with Crippen molar-refractivity contribution in [3.05, 3.63) is 122 Å². The van der Waals surface area contributed by atoms with E-state index in [9.17, 15) is 33.8 Å². The van der Waals surface area contributed by atoms with Crippen LogP contribution in [0.3, 0.4) is 0 Å². The molecule has 16 heteroatoms. The zero-order valence-corrected chi connectivity index (χ0v) is 39.7. The maximum Gasteiger partial charge on any atom is 0.472 e. The number of hydrogen-bond donors (Lipinski definition) is 5. The minimum atomic E-state index is -4.89. The molecule has 0 spiro atoms. The van der Waals surface area contributed by atoms with Crippen LogP contribution in [-0.2, 0) is 41.8 Å². The van der Waals surface area contributed by atoms with Gasteiger partial charge in [0.25, 0.3) is 0 Å². The van der Waals surface area contributed by atoms with Gasteiger partial charge in [-0.25, -0.2) is 9.13 Å². The number of rotatable bonds is 40. The standard InChI is InChI=1S/C48H76O14P2/c1-3-5-7-8-9-10-11-12-13-14-15-16-17-18-21-24-27-30-34-38-47(51)58-42-46(43-61-64(56,57)60-41-45(50)40-59-63(53,54)55)62-48(52)39-35-31-28-25-22-19-20-23-26-29-33-37-44(49)36-32-6-4-2/h5,7,9-10,12-13,15-16,18-21,25-30,33,37,44-46,49-50H,3-4,6,8,11,14,17,22-24,31-32,34-36,38-43H2,1-2H3,(H,56,57)(H2,53,54,55)/b7-5-,10-9-,13-12-,16-15-,20-19-,21-18-,28-25-,29-26-,30-27-,37-33+/t44-,45-,46+/m0/s1. The summed E-state index contributed by atoms with van der Waals surface area (Å²) in [5, 5.41) is 19.7. The number of esters is 2. The molecule has 0 aromatic heterocycles. The monoisotopic (exact) mass is 938 g/mol. The summed E-state index contributed by atoms with van der Waals surface area (Å²) in [4.78, 5) is 52.7. The fourth-order valence-corrected chi connectivity index (χ4v) is 6.22. The lowest BCUT2D eigenvalue weighted by atomic mass is 10.1. The number of ether oxygens (including phenoxy) is 2. The van der Waals surface area contributed by atoms with Gasteiger partial charge >= 0.3 is 27.6 Å². The highest BCUT2D eigenvalue weighted by Gasteiger charge is 2.28. The maximum atomic E-state index is 12.7. The minimum Gasteiger partial charge on any atom is -0.462 e. The van der Waals surface area contributed by atoms with Gasteiger partial charge < -0.3 is 34.4 Å². The van der Waals surface area contributed by atoms with E-state index < -0.39 is 72.3 Å². The van der Waals surface area contributed by atoms with Crippen molar-refractivity contribution >= 4 is 27.6 Å². The van der Waals surface area contributed by atoms with Gasteiger partial charge in [0.05, 0.1) is 25.9 Å². The minimum absolute atomic E-state index is 0.0119. The maximum absolute atomic E-state index is 12.7. The Hall–Kier alpha value is -3.52. The highest BCUT2D eigenvalue weighted by atomic mass is 31.2. The third kappa shape index (κ3) is 45.1. The van der Waals surface area contributed by atoms with Crippen LogP contribution in [-0.4, -0.2) is 81.6 Å². The highest BCUT2D eigenvalue weighted by molar-refractivity contribution is 7.47. The average Bonchev–Trinajstić information content (AvgIpc) is 3.25. The number of phosphoric acid groups is 2. The van der Waals surface area contributed by atoms with Gasteiger partial charge in [-0.05, 0) is 77.0 Å². The summed E-state index contributed by atoms with van der Waals surface area (Å²) in [5.41, 5.74) is 0. The van der Waals surface area contributed by atoms with E-state index in [1.54, 1.807) is 6.08 Å². The molecule has 14 nitrogen and oxygen atoms in total. The molecule has 0 bridgehead atoms. The van der Waals surface area contributed by atoms with Crippen molar-refractivity contribution in [1.82, 2.24) is 0 Å². The molecular weight excluding hydrogens is 862 g/mol. The molecule has 0 heterocycles. The Morgan fingerprint density at radius 2 is 1.03 bits per heavy atom. The SMILES string of the molecule is CC/C=C\C/C=C\C/C=C\C/C=C\C/C=C\C/C=C\CCC(=O)OC[C@H](COP(=O)(O)OC[C@@H](O)COP(=O)(O)O)OC(=O)CCC/C=C\C/C=C\C/C=C\C=C\[C@@H](O)CCCCC. The van der Waals surface area contributed by atoms with Crippen LogP contribution in [0.1, 0.15) is 123 Å². The molecule has 5 N–H and O–H groups in total. The van der Waals surface area contributed by atoms with Gasteiger partial charge in [-0.15, -0.1) is 0 Å². The second-order valence-corrected chi connectivity index (χ2v) is 17.1. The second kappa shape index (κ2) is 42.1. The van der Waals surface area contributed by atoms with Crippen molar-refractivity contribution in [2.24, 2.45) is 0 Å². The third-order valence-electron chi connectivity index (χ3n) is 8.44. The van der Waals surface area contributed by atoms with Gasteiger partial charge in [-0.3, -0.25) is 23.2 Å². The smallest absolute Gasteiger partial charge is 0.462 e. The fourth-order valence-electron chi connectivity index (χ4n) is 5.06. The van der Waals surface area contributed by atoms with E-state index >= 15 is 0 Å². The summed E-state index contributed by atoms with van der Waals surface area (Å²) in [6, 6.07) is 0. The summed E-state index contributed by atoms with van der Waals surface area (Å²) in [7, 11) is -9.75. The molecule has 0 radical (unpaired) electrons. The Labute approximate surface area is 382 Å². The van der Waals surface area contributed by atoms with Gasteiger partial charge in [0.2, 0.25) is 0 Å². The van der Waals surface area contributed by atoms with Crippen LogP contribution in [0.15, 0.2) is 122 Å². The first-order valence-corrected chi connectivity index (χ1v) is 25.4. The van der Waals surface area contributed by atoms with Crippen molar-refractivity contribution in [3.8, 4) is 0 Å². The Bertz CT molecular complexity index is 1600. The van der Waals surface area contributed by atoms with Crippen molar-refractivity contribution in [1.29, 1.82) is 0 Å². The lowest BCUT2D eigenvalue weighted by molar-refractivity contribution is -0.161. The normalized spacial score (nSPS) is 15.5. The van der Waals surface area contributed by atoms with Crippen LogP contribution >= 0.6 is 15.6 Å². The van der Waals surface area contributed by atoms with E-state index in [0.717, 1.165) is 64.2 Å². The van der Waals surface area contributed by atoms with Crippen molar-refractivity contribution in [2.45, 2.75) is 141 Å². The van der Waals surface area contributed by atoms with E-state index in [2.05, 4.69) is 77.6 Å². The zero-order valence-electron chi connectivity index (χ0n) is 37.9. The Morgan fingerprint density at radius 1 is 0.531 bits per heavy atom. The van der Waals surface area contributed by atoms with Crippen molar-refractivity contribution in [3.63, 3.8) is 0 Å². The van der Waals surface area contributed by atoms with Gasteiger partial charge in [0.15, 0.2) is 6.10 Å². The van der Waals surface area contributed by atoms with Crippen LogP contribution in [0.5, 0.6) is 0 Å². The van der Waals surface area contributed by atoms with Crippen LogP contribution in [0, 0.1) is 0 Å². The predicted octanol–water partition coefficient (Wildman–Crippen LogP) is 10.6. The lowest BCUT2D eigenvalue weighted by Gasteiger charge is -2.20. The second-order valence-electron chi connectivity index (χ2n) is 14.4. The van der Waals surface area contributed by atoms with Crippen molar-refractivity contribution < 1.29 is 66.7 Å². The van der Waals surface area contributed by atoms with Gasteiger partial charge in [-0.1, -0.05) is 155 Å². The first-order chi connectivity index (χ1) is 30.8. The lowest BCUT2D eigenvalue weighted by Crippen LogP contribution is -2.29. The number of aliphatic hydroxyl groups excluding tert-OH is 2. The molecule has 0 amide bonds. The van der Waals surface area contributed by atoms with Gasteiger partial charge in [0.1, 0.15) is 12.7 Å². The topological polar surface area (TPSA) is 216 Å². The first-order valence-electron chi connectivity index (χ1n) is 22.3.